The van der Waals surface area contributed by atoms with Crippen molar-refractivity contribution >= 4 is 40.7 Å². The Morgan fingerprint density at radius 1 is 1.17 bits per heavy atom. The van der Waals surface area contributed by atoms with Crippen LogP contribution in [0.5, 0.6) is 0 Å². The molecule has 0 saturated heterocycles. The predicted molar refractivity (Wildman–Crippen MR) is 104 cm³/mol. The van der Waals surface area contributed by atoms with Crippen molar-refractivity contribution in [2.24, 2.45) is 15.8 Å². The first kappa shape index (κ1) is 16.9. The maximum Gasteiger partial charge on any atom is 0.214 e. The predicted octanol–water partition coefficient (Wildman–Crippen LogP) is 4.39. The van der Waals surface area contributed by atoms with Crippen molar-refractivity contribution in [1.82, 2.24) is 5.43 Å². The van der Waals surface area contributed by atoms with Crippen LogP contribution in [0.2, 0.25) is 5.02 Å². The lowest BCUT2D eigenvalue weighted by Crippen LogP contribution is -2.28. The average molecular weight is 359 g/mol. The molecule has 0 saturated carbocycles. The highest BCUT2D eigenvalue weighted by molar-refractivity contribution is 7.99. The van der Waals surface area contributed by atoms with E-state index < -0.39 is 0 Å². The maximum atomic E-state index is 6.11. The van der Waals surface area contributed by atoms with Gasteiger partial charge in [-0.1, -0.05) is 17.7 Å². The molecule has 4 nitrogen and oxygen atoms in total. The quantitative estimate of drug-likeness (QED) is 0.475. The molecule has 3 N–H and O–H groups in total. The smallest absolute Gasteiger partial charge is 0.214 e. The zero-order valence-electron chi connectivity index (χ0n) is 13.6. The van der Waals surface area contributed by atoms with E-state index in [0.29, 0.717) is 5.02 Å². The largest absolute Gasteiger partial charge is 0.368 e. The Morgan fingerprint density at radius 3 is 2.79 bits per heavy atom. The number of fused-ring (bicyclic) bond motifs is 1. The molecule has 0 spiro atoms. The van der Waals surface area contributed by atoms with Gasteiger partial charge in [0.05, 0.1) is 11.4 Å². The molecule has 0 aliphatic carbocycles. The summed E-state index contributed by atoms with van der Waals surface area (Å²) in [6.07, 6.45) is 0.863. The van der Waals surface area contributed by atoms with Crippen LogP contribution in [-0.2, 0) is 0 Å². The Bertz CT molecular complexity index is 830. The average Bonchev–Trinajstić information content (AvgIpc) is 2.56. The first-order valence-electron chi connectivity index (χ1n) is 7.69. The first-order chi connectivity index (χ1) is 11.5. The van der Waals surface area contributed by atoms with E-state index in [4.69, 9.17) is 17.3 Å². The molecule has 0 radical (unpaired) electrons. The Labute approximate surface area is 151 Å². The van der Waals surface area contributed by atoms with E-state index in [1.165, 1.54) is 16.0 Å². The summed E-state index contributed by atoms with van der Waals surface area (Å²) in [4.78, 5) is 5.55. The number of thioether (sulfide) groups is 1. The van der Waals surface area contributed by atoms with Gasteiger partial charge in [0.1, 0.15) is 0 Å². The summed E-state index contributed by atoms with van der Waals surface area (Å²) >= 11 is 7.92. The fraction of sp³-hybridized carbons (Fsp3) is 0.222. The number of benzene rings is 2. The number of nitrogens with two attached hydrogens (primary N) is 1. The number of aliphatic imine (C=N–C) groups is 1. The molecule has 0 fully saturated rings. The standard InChI is InChI=1S/C18H19ClN4S/c1-11-3-5-14(9-12(11)2)21-18(20)23-22-16-7-8-24-17-6-4-13(19)10-15(16)17/h3-6,9-10H,7-8H2,1-2H3,(H3,20,21,23)/b22-16+. The van der Waals surface area contributed by atoms with E-state index >= 15 is 0 Å². The van der Waals surface area contributed by atoms with Gasteiger partial charge in [0.15, 0.2) is 0 Å². The van der Waals surface area contributed by atoms with Crippen molar-refractivity contribution in [2.75, 3.05) is 5.75 Å². The summed E-state index contributed by atoms with van der Waals surface area (Å²) in [6.45, 7) is 4.12. The van der Waals surface area contributed by atoms with Gasteiger partial charge < -0.3 is 5.73 Å². The lowest BCUT2D eigenvalue weighted by molar-refractivity contribution is 0.986. The highest BCUT2D eigenvalue weighted by Gasteiger charge is 2.16. The molecule has 0 amide bonds. The number of guanidine groups is 1. The third-order valence-electron chi connectivity index (χ3n) is 3.89. The summed E-state index contributed by atoms with van der Waals surface area (Å²) in [6, 6.07) is 11.9. The van der Waals surface area contributed by atoms with Gasteiger partial charge in [-0.15, -0.1) is 11.8 Å². The molecule has 24 heavy (non-hydrogen) atoms. The monoisotopic (exact) mass is 358 g/mol. The van der Waals surface area contributed by atoms with Crippen LogP contribution in [0, 0.1) is 13.8 Å². The van der Waals surface area contributed by atoms with Gasteiger partial charge in [-0.25, -0.2) is 10.4 Å². The van der Waals surface area contributed by atoms with Crippen LogP contribution in [0.1, 0.15) is 23.1 Å². The molecule has 124 valence electrons. The molecule has 0 bridgehead atoms. The topological polar surface area (TPSA) is 62.8 Å². The number of hydrogen-bond donors (Lipinski definition) is 2. The van der Waals surface area contributed by atoms with Crippen LogP contribution in [0.15, 0.2) is 51.4 Å². The maximum absolute atomic E-state index is 6.11. The van der Waals surface area contributed by atoms with Crippen molar-refractivity contribution in [3.05, 3.63) is 58.1 Å². The van der Waals surface area contributed by atoms with E-state index in [2.05, 4.69) is 29.4 Å². The third-order valence-corrected chi connectivity index (χ3v) is 5.20. The highest BCUT2D eigenvalue weighted by atomic mass is 35.5. The van der Waals surface area contributed by atoms with E-state index in [9.17, 15) is 0 Å². The highest BCUT2D eigenvalue weighted by Crippen LogP contribution is 2.32. The number of nitrogens with zero attached hydrogens (tertiary/aromatic N) is 2. The number of aryl methyl sites for hydroxylation is 2. The van der Waals surface area contributed by atoms with Gasteiger partial charge in [-0.05, 0) is 55.3 Å². The molecular weight excluding hydrogens is 340 g/mol. The second-order valence-electron chi connectivity index (χ2n) is 5.67. The lowest BCUT2D eigenvalue weighted by Gasteiger charge is -2.17. The Morgan fingerprint density at radius 2 is 2.00 bits per heavy atom. The molecular formula is C18H19ClN4S. The molecule has 2 aromatic carbocycles. The van der Waals surface area contributed by atoms with Gasteiger partial charge >= 0.3 is 0 Å². The number of rotatable bonds is 2. The third kappa shape index (κ3) is 3.91. The van der Waals surface area contributed by atoms with Crippen LogP contribution in [0.4, 0.5) is 5.69 Å². The van der Waals surface area contributed by atoms with Crippen LogP contribution >= 0.6 is 23.4 Å². The second kappa shape index (κ2) is 7.28. The van der Waals surface area contributed by atoms with Gasteiger partial charge in [0.2, 0.25) is 5.96 Å². The van der Waals surface area contributed by atoms with Crippen molar-refractivity contribution < 1.29 is 0 Å². The second-order valence-corrected chi connectivity index (χ2v) is 7.25. The minimum Gasteiger partial charge on any atom is -0.368 e. The van der Waals surface area contributed by atoms with Crippen molar-refractivity contribution in [3.63, 3.8) is 0 Å². The fourth-order valence-electron chi connectivity index (χ4n) is 2.45. The number of hydrazone groups is 1. The normalized spacial score (nSPS) is 16.1. The summed E-state index contributed by atoms with van der Waals surface area (Å²) in [5.41, 5.74) is 14.1. The van der Waals surface area contributed by atoms with E-state index in [-0.39, 0.29) is 5.96 Å². The molecule has 3 rings (SSSR count). The van der Waals surface area contributed by atoms with Crippen LogP contribution in [-0.4, -0.2) is 17.4 Å². The number of halogens is 1. The molecule has 1 aliphatic heterocycles. The molecule has 6 heteroatoms. The molecule has 1 heterocycles. The summed E-state index contributed by atoms with van der Waals surface area (Å²) < 4.78 is 0. The minimum absolute atomic E-state index is 0.271. The van der Waals surface area contributed by atoms with Crippen LogP contribution in [0.25, 0.3) is 0 Å². The van der Waals surface area contributed by atoms with Gasteiger partial charge in [-0.2, -0.15) is 5.10 Å². The Hall–Kier alpha value is -1.98. The molecule has 0 unspecified atom stereocenters. The lowest BCUT2D eigenvalue weighted by atomic mass is 10.1. The van der Waals surface area contributed by atoms with E-state index in [1.54, 1.807) is 0 Å². The molecule has 0 aromatic heterocycles. The van der Waals surface area contributed by atoms with Gasteiger partial charge in [0.25, 0.3) is 0 Å². The van der Waals surface area contributed by atoms with Crippen LogP contribution in [0.3, 0.4) is 0 Å². The number of hydrogen-bond acceptors (Lipinski definition) is 3. The van der Waals surface area contributed by atoms with Crippen molar-refractivity contribution in [1.29, 1.82) is 0 Å². The Balaban J connectivity index is 1.79. The summed E-state index contributed by atoms with van der Waals surface area (Å²) in [5.74, 6) is 1.26. The minimum atomic E-state index is 0.271. The van der Waals surface area contributed by atoms with Gasteiger partial charge in [0, 0.05) is 27.7 Å². The fourth-order valence-corrected chi connectivity index (χ4v) is 3.63. The van der Waals surface area contributed by atoms with Crippen LogP contribution < -0.4 is 11.2 Å². The Kier molecular flexibility index (Phi) is 5.11. The zero-order chi connectivity index (χ0) is 17.1. The molecule has 1 aliphatic rings. The molecule has 0 atom stereocenters. The molecule has 2 aromatic rings. The summed E-state index contributed by atoms with van der Waals surface area (Å²) in [5, 5.41) is 5.15. The SMILES string of the molecule is Cc1ccc(N=C(N)N/N=C2\CCSc3ccc(Cl)cc32)cc1C. The summed E-state index contributed by atoms with van der Waals surface area (Å²) in [7, 11) is 0. The van der Waals surface area contributed by atoms with Crippen molar-refractivity contribution in [2.45, 2.75) is 25.2 Å². The number of nitrogens with one attached hydrogen (secondary N) is 1. The van der Waals surface area contributed by atoms with Gasteiger partial charge in [-0.3, -0.25) is 0 Å². The first-order valence-corrected chi connectivity index (χ1v) is 9.06. The zero-order valence-corrected chi connectivity index (χ0v) is 15.2. The van der Waals surface area contributed by atoms with E-state index in [1.807, 2.05) is 48.2 Å². The van der Waals surface area contributed by atoms with Crippen molar-refractivity contribution in [3.8, 4) is 0 Å². The van der Waals surface area contributed by atoms with E-state index in [0.717, 1.165) is 29.1 Å².